The van der Waals surface area contributed by atoms with Crippen LogP contribution in [0.15, 0.2) is 30.3 Å². The van der Waals surface area contributed by atoms with Crippen LogP contribution >= 0.6 is 10.7 Å². The average molecular weight is 348 g/mol. The number of benzene rings is 1. The number of hydrogen-bond acceptors (Lipinski definition) is 4. The van der Waals surface area contributed by atoms with Gasteiger partial charge in [-0.3, -0.25) is 0 Å². The molecule has 7 heteroatoms. The lowest BCUT2D eigenvalue weighted by atomic mass is 10.0. The van der Waals surface area contributed by atoms with Gasteiger partial charge >= 0.3 is 6.09 Å². The zero-order valence-corrected chi connectivity index (χ0v) is 14.4. The first-order valence-corrected chi connectivity index (χ1v) is 9.63. The zero-order valence-electron chi connectivity index (χ0n) is 12.8. The predicted molar refractivity (Wildman–Crippen MR) is 87.3 cm³/mol. The largest absolute Gasteiger partial charge is 0.445 e. The van der Waals surface area contributed by atoms with Gasteiger partial charge in [-0.2, -0.15) is 0 Å². The van der Waals surface area contributed by atoms with Crippen LogP contribution in [-0.2, 0) is 20.4 Å². The maximum absolute atomic E-state index is 11.8. The second-order valence-corrected chi connectivity index (χ2v) is 8.40. The summed E-state index contributed by atoms with van der Waals surface area (Å²) in [5.74, 6) is 0.101. The smallest absolute Gasteiger partial charge is 0.407 e. The number of carbonyl (C=O) groups is 1. The zero-order chi connectivity index (χ0) is 16.6. The molecule has 0 aromatic heterocycles. The summed E-state index contributed by atoms with van der Waals surface area (Å²) < 4.78 is 27.5. The Kier molecular flexibility index (Phi) is 7.68. The van der Waals surface area contributed by atoms with Gasteiger partial charge in [0.2, 0.25) is 9.05 Å². The molecule has 22 heavy (non-hydrogen) atoms. The topological polar surface area (TPSA) is 72.5 Å². The van der Waals surface area contributed by atoms with E-state index in [1.165, 1.54) is 0 Å². The summed E-state index contributed by atoms with van der Waals surface area (Å²) in [5.41, 5.74) is 0.862. The van der Waals surface area contributed by atoms with E-state index in [2.05, 4.69) is 5.32 Å². The summed E-state index contributed by atoms with van der Waals surface area (Å²) >= 11 is 0. The van der Waals surface area contributed by atoms with Gasteiger partial charge in [-0.1, -0.05) is 44.2 Å². The molecule has 5 nitrogen and oxygen atoms in total. The third-order valence-electron chi connectivity index (χ3n) is 3.03. The van der Waals surface area contributed by atoms with E-state index in [-0.39, 0.29) is 12.4 Å². The predicted octanol–water partition coefficient (Wildman–Crippen LogP) is 3.29. The fourth-order valence-electron chi connectivity index (χ4n) is 1.90. The third-order valence-corrected chi connectivity index (χ3v) is 4.21. The summed E-state index contributed by atoms with van der Waals surface area (Å²) in [6.45, 7) is 4.19. The molecule has 0 bridgehead atoms. The van der Waals surface area contributed by atoms with E-state index in [0.29, 0.717) is 12.3 Å². The number of alkyl carbamates (subject to hydrolysis) is 1. The molecule has 0 fully saturated rings. The standard InChI is InChI=1S/C15H22ClNO4S/c1-12(2)8-9-14(11-22(16,19)20)17-15(18)21-10-13-6-4-3-5-7-13/h3-7,12,14H,8-11H2,1-2H3,(H,17,18). The number of amides is 1. The van der Waals surface area contributed by atoms with E-state index >= 15 is 0 Å². The maximum atomic E-state index is 11.8. The van der Waals surface area contributed by atoms with Crippen LogP contribution in [0.2, 0.25) is 0 Å². The van der Waals surface area contributed by atoms with Gasteiger partial charge in [0.25, 0.3) is 0 Å². The normalized spacial score (nSPS) is 12.9. The van der Waals surface area contributed by atoms with Gasteiger partial charge in [-0.25, -0.2) is 13.2 Å². The summed E-state index contributed by atoms with van der Waals surface area (Å²) in [4.78, 5) is 11.8. The van der Waals surface area contributed by atoms with Gasteiger partial charge < -0.3 is 10.1 Å². The fourth-order valence-corrected chi connectivity index (χ4v) is 3.09. The monoisotopic (exact) mass is 347 g/mol. The summed E-state index contributed by atoms with van der Waals surface area (Å²) in [7, 11) is 1.60. The minimum Gasteiger partial charge on any atom is -0.445 e. The highest BCUT2D eigenvalue weighted by atomic mass is 35.7. The highest BCUT2D eigenvalue weighted by molar-refractivity contribution is 8.13. The van der Waals surface area contributed by atoms with Gasteiger partial charge in [0, 0.05) is 16.7 Å². The molecule has 1 N–H and O–H groups in total. The Morgan fingerprint density at radius 1 is 1.23 bits per heavy atom. The highest BCUT2D eigenvalue weighted by Crippen LogP contribution is 2.11. The van der Waals surface area contributed by atoms with E-state index < -0.39 is 21.2 Å². The SMILES string of the molecule is CC(C)CCC(CS(=O)(=O)Cl)NC(=O)OCc1ccccc1. The van der Waals surface area contributed by atoms with Crippen LogP contribution in [0, 0.1) is 5.92 Å². The van der Waals surface area contributed by atoms with Crippen molar-refractivity contribution >= 4 is 25.8 Å². The van der Waals surface area contributed by atoms with Crippen LogP contribution in [0.3, 0.4) is 0 Å². The van der Waals surface area contributed by atoms with Crippen molar-refractivity contribution in [2.75, 3.05) is 5.75 Å². The van der Waals surface area contributed by atoms with Crippen molar-refractivity contribution in [2.24, 2.45) is 5.92 Å². The molecule has 0 aliphatic heterocycles. The first-order chi connectivity index (χ1) is 10.3. The van der Waals surface area contributed by atoms with Gasteiger partial charge in [0.05, 0.1) is 5.75 Å². The first kappa shape index (κ1) is 18.8. The molecule has 0 spiro atoms. The quantitative estimate of drug-likeness (QED) is 0.732. The highest BCUT2D eigenvalue weighted by Gasteiger charge is 2.20. The van der Waals surface area contributed by atoms with E-state index in [1.54, 1.807) is 0 Å². The van der Waals surface area contributed by atoms with Gasteiger partial charge in [-0.15, -0.1) is 0 Å². The van der Waals surface area contributed by atoms with Crippen LogP contribution in [0.5, 0.6) is 0 Å². The lowest BCUT2D eigenvalue weighted by molar-refractivity contribution is 0.135. The van der Waals surface area contributed by atoms with E-state index in [9.17, 15) is 13.2 Å². The lowest BCUT2D eigenvalue weighted by Crippen LogP contribution is -2.39. The van der Waals surface area contributed by atoms with E-state index in [1.807, 2.05) is 44.2 Å². The molecule has 0 aliphatic carbocycles. The Bertz CT molecular complexity index is 560. The number of hydrogen-bond donors (Lipinski definition) is 1. The van der Waals surface area contributed by atoms with Crippen molar-refractivity contribution in [3.05, 3.63) is 35.9 Å². The molecule has 0 radical (unpaired) electrons. The molecule has 1 rings (SSSR count). The Morgan fingerprint density at radius 3 is 2.41 bits per heavy atom. The Balaban J connectivity index is 2.50. The number of halogens is 1. The Morgan fingerprint density at radius 2 is 1.86 bits per heavy atom. The van der Waals surface area contributed by atoms with Crippen LogP contribution in [0.1, 0.15) is 32.3 Å². The lowest BCUT2D eigenvalue weighted by Gasteiger charge is -2.18. The van der Waals surface area contributed by atoms with Crippen molar-refractivity contribution in [2.45, 2.75) is 39.3 Å². The second-order valence-electron chi connectivity index (χ2n) is 5.58. The number of ether oxygens (including phenoxy) is 1. The fraction of sp³-hybridized carbons (Fsp3) is 0.533. The Labute approximate surface area is 136 Å². The molecular weight excluding hydrogens is 326 g/mol. The first-order valence-electron chi connectivity index (χ1n) is 7.16. The molecule has 1 aromatic carbocycles. The van der Waals surface area contributed by atoms with Gasteiger partial charge in [-0.05, 0) is 24.3 Å². The summed E-state index contributed by atoms with van der Waals surface area (Å²) in [6, 6.07) is 8.70. The summed E-state index contributed by atoms with van der Waals surface area (Å²) in [6.07, 6.45) is 0.679. The Hall–Kier alpha value is -1.27. The second kappa shape index (κ2) is 9.00. The van der Waals surface area contributed by atoms with Crippen molar-refractivity contribution < 1.29 is 17.9 Å². The van der Waals surface area contributed by atoms with Gasteiger partial charge in [0.15, 0.2) is 0 Å². The molecular formula is C15H22ClNO4S. The third kappa shape index (κ3) is 8.89. The minimum atomic E-state index is -3.68. The molecule has 1 unspecified atom stereocenters. The van der Waals surface area contributed by atoms with Crippen molar-refractivity contribution in [1.29, 1.82) is 0 Å². The molecule has 124 valence electrons. The minimum absolute atomic E-state index is 0.136. The van der Waals surface area contributed by atoms with Crippen molar-refractivity contribution in [3.8, 4) is 0 Å². The number of carbonyl (C=O) groups excluding carboxylic acids is 1. The molecule has 1 atom stereocenters. The van der Waals surface area contributed by atoms with Crippen LogP contribution in [0.25, 0.3) is 0 Å². The molecule has 0 saturated heterocycles. The molecule has 1 amide bonds. The molecule has 0 aliphatic rings. The van der Waals surface area contributed by atoms with Crippen LogP contribution < -0.4 is 5.32 Å². The average Bonchev–Trinajstić information content (AvgIpc) is 2.42. The van der Waals surface area contributed by atoms with Crippen LogP contribution in [-0.4, -0.2) is 26.3 Å². The van der Waals surface area contributed by atoms with Crippen molar-refractivity contribution in [3.63, 3.8) is 0 Å². The summed E-state index contributed by atoms with van der Waals surface area (Å²) in [5, 5.41) is 2.57. The van der Waals surface area contributed by atoms with Crippen molar-refractivity contribution in [1.82, 2.24) is 5.32 Å². The van der Waals surface area contributed by atoms with Gasteiger partial charge in [0.1, 0.15) is 6.61 Å². The maximum Gasteiger partial charge on any atom is 0.407 e. The molecule has 0 heterocycles. The number of rotatable bonds is 8. The van der Waals surface area contributed by atoms with Crippen LogP contribution in [0.4, 0.5) is 4.79 Å². The van der Waals surface area contributed by atoms with E-state index in [4.69, 9.17) is 15.4 Å². The molecule has 0 saturated carbocycles. The molecule has 1 aromatic rings. The van der Waals surface area contributed by atoms with E-state index in [0.717, 1.165) is 12.0 Å². The number of nitrogens with one attached hydrogen (secondary N) is 1.